The predicted octanol–water partition coefficient (Wildman–Crippen LogP) is 0.975. The van der Waals surface area contributed by atoms with Crippen LogP contribution in [-0.4, -0.2) is 31.9 Å². The topological polar surface area (TPSA) is 67.5 Å². The maximum Gasteiger partial charge on any atom is 0.124 e. The SMILES string of the molecule is COc1ccc(C)cc1C(O)CNCCCN. The first-order valence-electron chi connectivity index (χ1n) is 5.92. The number of methoxy groups -OCH3 is 1. The quantitative estimate of drug-likeness (QED) is 0.619. The molecule has 1 atom stereocenters. The summed E-state index contributed by atoms with van der Waals surface area (Å²) >= 11 is 0. The van der Waals surface area contributed by atoms with E-state index in [2.05, 4.69) is 5.32 Å². The number of aliphatic hydroxyl groups excluding tert-OH is 1. The second kappa shape index (κ2) is 7.27. The van der Waals surface area contributed by atoms with Crippen LogP contribution in [0.1, 0.15) is 23.7 Å². The van der Waals surface area contributed by atoms with Crippen molar-refractivity contribution in [2.45, 2.75) is 19.4 Å². The number of aliphatic hydroxyl groups is 1. The van der Waals surface area contributed by atoms with Crippen LogP contribution in [0.3, 0.4) is 0 Å². The standard InChI is InChI=1S/C13H22N2O2/c1-10-4-5-13(17-2)11(8-10)12(16)9-15-7-3-6-14/h4-5,8,12,15-16H,3,6-7,9,14H2,1-2H3. The van der Waals surface area contributed by atoms with Gasteiger partial charge in [-0.15, -0.1) is 0 Å². The van der Waals surface area contributed by atoms with Crippen LogP contribution < -0.4 is 15.8 Å². The second-order valence-electron chi connectivity index (χ2n) is 4.11. The van der Waals surface area contributed by atoms with Gasteiger partial charge in [-0.05, 0) is 38.6 Å². The molecule has 0 heterocycles. The molecule has 96 valence electrons. The summed E-state index contributed by atoms with van der Waals surface area (Å²) in [5, 5.41) is 13.3. The molecule has 0 aliphatic carbocycles. The summed E-state index contributed by atoms with van der Waals surface area (Å²) in [5.74, 6) is 0.726. The fourth-order valence-electron chi connectivity index (χ4n) is 1.69. The van der Waals surface area contributed by atoms with E-state index < -0.39 is 6.10 Å². The van der Waals surface area contributed by atoms with Crippen molar-refractivity contribution in [1.82, 2.24) is 5.32 Å². The van der Waals surface area contributed by atoms with Crippen molar-refractivity contribution in [3.8, 4) is 5.75 Å². The number of hydrogen-bond donors (Lipinski definition) is 3. The van der Waals surface area contributed by atoms with E-state index in [4.69, 9.17) is 10.5 Å². The average Bonchev–Trinajstić information content (AvgIpc) is 2.34. The molecule has 0 fully saturated rings. The maximum absolute atomic E-state index is 10.1. The van der Waals surface area contributed by atoms with E-state index in [1.54, 1.807) is 7.11 Å². The molecule has 0 radical (unpaired) electrons. The lowest BCUT2D eigenvalue weighted by atomic mass is 10.1. The zero-order chi connectivity index (χ0) is 12.7. The monoisotopic (exact) mass is 238 g/mol. The molecule has 0 bridgehead atoms. The Kier molecular flexibility index (Phi) is 5.97. The van der Waals surface area contributed by atoms with Crippen LogP contribution in [0.15, 0.2) is 18.2 Å². The lowest BCUT2D eigenvalue weighted by Crippen LogP contribution is -2.24. The van der Waals surface area contributed by atoms with Crippen molar-refractivity contribution in [2.75, 3.05) is 26.7 Å². The normalized spacial score (nSPS) is 12.5. The third kappa shape index (κ3) is 4.34. The van der Waals surface area contributed by atoms with Crippen LogP contribution in [0.25, 0.3) is 0 Å². The van der Waals surface area contributed by atoms with Gasteiger partial charge in [-0.2, -0.15) is 0 Å². The first-order valence-corrected chi connectivity index (χ1v) is 5.92. The summed E-state index contributed by atoms with van der Waals surface area (Å²) in [7, 11) is 1.61. The lowest BCUT2D eigenvalue weighted by Gasteiger charge is -2.16. The highest BCUT2D eigenvalue weighted by Gasteiger charge is 2.12. The Hall–Kier alpha value is -1.10. The van der Waals surface area contributed by atoms with Gasteiger partial charge in [0.25, 0.3) is 0 Å². The predicted molar refractivity (Wildman–Crippen MR) is 69.2 cm³/mol. The van der Waals surface area contributed by atoms with E-state index in [9.17, 15) is 5.11 Å². The van der Waals surface area contributed by atoms with Crippen molar-refractivity contribution in [2.24, 2.45) is 5.73 Å². The van der Waals surface area contributed by atoms with Gasteiger partial charge in [0, 0.05) is 12.1 Å². The van der Waals surface area contributed by atoms with E-state index >= 15 is 0 Å². The Balaban J connectivity index is 2.60. The lowest BCUT2D eigenvalue weighted by molar-refractivity contribution is 0.170. The number of nitrogens with one attached hydrogen (secondary N) is 1. The summed E-state index contributed by atoms with van der Waals surface area (Å²) in [6.07, 6.45) is 0.361. The number of nitrogens with two attached hydrogens (primary N) is 1. The number of rotatable bonds is 7. The van der Waals surface area contributed by atoms with E-state index in [-0.39, 0.29) is 0 Å². The molecule has 0 aliphatic rings. The minimum atomic E-state index is -0.553. The molecule has 0 aromatic heterocycles. The van der Waals surface area contributed by atoms with Gasteiger partial charge in [0.15, 0.2) is 0 Å². The molecule has 4 N–H and O–H groups in total. The largest absolute Gasteiger partial charge is 0.496 e. The first-order chi connectivity index (χ1) is 8.19. The van der Waals surface area contributed by atoms with Crippen LogP contribution in [0, 0.1) is 6.92 Å². The third-order valence-corrected chi connectivity index (χ3v) is 2.64. The van der Waals surface area contributed by atoms with Crippen molar-refractivity contribution in [1.29, 1.82) is 0 Å². The van der Waals surface area contributed by atoms with Crippen LogP contribution in [0.2, 0.25) is 0 Å². The van der Waals surface area contributed by atoms with Crippen LogP contribution in [-0.2, 0) is 0 Å². The smallest absolute Gasteiger partial charge is 0.124 e. The highest BCUT2D eigenvalue weighted by Crippen LogP contribution is 2.25. The molecule has 0 spiro atoms. The van der Waals surface area contributed by atoms with Gasteiger partial charge in [0.1, 0.15) is 5.75 Å². The van der Waals surface area contributed by atoms with Crippen LogP contribution >= 0.6 is 0 Å². The van der Waals surface area contributed by atoms with Crippen molar-refractivity contribution in [3.63, 3.8) is 0 Å². The van der Waals surface area contributed by atoms with Crippen molar-refractivity contribution >= 4 is 0 Å². The van der Waals surface area contributed by atoms with Crippen LogP contribution in [0.4, 0.5) is 0 Å². The van der Waals surface area contributed by atoms with E-state index in [1.165, 1.54) is 0 Å². The Morgan fingerprint density at radius 1 is 1.47 bits per heavy atom. The maximum atomic E-state index is 10.1. The van der Waals surface area contributed by atoms with Crippen molar-refractivity contribution in [3.05, 3.63) is 29.3 Å². The highest BCUT2D eigenvalue weighted by atomic mass is 16.5. The van der Waals surface area contributed by atoms with Gasteiger partial charge in [0.2, 0.25) is 0 Å². The highest BCUT2D eigenvalue weighted by molar-refractivity contribution is 5.38. The Labute approximate surface area is 103 Å². The van der Waals surface area contributed by atoms with Crippen LogP contribution in [0.5, 0.6) is 5.75 Å². The van der Waals surface area contributed by atoms with Crippen molar-refractivity contribution < 1.29 is 9.84 Å². The molecule has 4 heteroatoms. The zero-order valence-electron chi connectivity index (χ0n) is 10.6. The second-order valence-corrected chi connectivity index (χ2v) is 4.11. The molecule has 0 saturated carbocycles. The minimum Gasteiger partial charge on any atom is -0.496 e. The molecular formula is C13H22N2O2. The number of ether oxygens (including phenoxy) is 1. The fraction of sp³-hybridized carbons (Fsp3) is 0.538. The summed E-state index contributed by atoms with van der Waals surface area (Å²) in [6.45, 7) is 4.00. The number of benzene rings is 1. The van der Waals surface area contributed by atoms with Gasteiger partial charge < -0.3 is 20.9 Å². The first kappa shape index (κ1) is 14.0. The molecule has 1 rings (SSSR count). The van der Waals surface area contributed by atoms with E-state index in [0.29, 0.717) is 13.1 Å². The number of hydrogen-bond acceptors (Lipinski definition) is 4. The van der Waals surface area contributed by atoms with Gasteiger partial charge >= 0.3 is 0 Å². The molecule has 0 aliphatic heterocycles. The zero-order valence-corrected chi connectivity index (χ0v) is 10.6. The molecule has 1 unspecified atom stereocenters. The van der Waals surface area contributed by atoms with Gasteiger partial charge in [-0.1, -0.05) is 11.6 Å². The molecule has 4 nitrogen and oxygen atoms in total. The van der Waals surface area contributed by atoms with E-state index in [1.807, 2.05) is 25.1 Å². The molecule has 0 amide bonds. The van der Waals surface area contributed by atoms with Gasteiger partial charge in [-0.25, -0.2) is 0 Å². The molecular weight excluding hydrogens is 216 g/mol. The molecule has 1 aromatic carbocycles. The summed E-state index contributed by atoms with van der Waals surface area (Å²) < 4.78 is 5.24. The minimum absolute atomic E-state index is 0.514. The summed E-state index contributed by atoms with van der Waals surface area (Å²) in [4.78, 5) is 0. The van der Waals surface area contributed by atoms with E-state index in [0.717, 1.165) is 29.8 Å². The number of aryl methyl sites for hydroxylation is 1. The summed E-state index contributed by atoms with van der Waals surface area (Å²) in [5.41, 5.74) is 7.34. The summed E-state index contributed by atoms with van der Waals surface area (Å²) in [6, 6.07) is 5.80. The third-order valence-electron chi connectivity index (χ3n) is 2.64. The molecule has 1 aromatic rings. The molecule has 17 heavy (non-hydrogen) atoms. The Bertz CT molecular complexity index is 342. The Morgan fingerprint density at radius 2 is 2.24 bits per heavy atom. The van der Waals surface area contributed by atoms with Gasteiger partial charge in [-0.3, -0.25) is 0 Å². The van der Waals surface area contributed by atoms with Gasteiger partial charge in [0.05, 0.1) is 13.2 Å². The fourth-order valence-corrected chi connectivity index (χ4v) is 1.69. The Morgan fingerprint density at radius 3 is 2.88 bits per heavy atom. The average molecular weight is 238 g/mol. The molecule has 0 saturated heterocycles.